The Kier molecular flexibility index (Phi) is 1.73. The molecule has 1 unspecified atom stereocenters. The molecule has 1 aliphatic rings. The Bertz CT molecular complexity index is 514. The van der Waals surface area contributed by atoms with E-state index in [1.807, 2.05) is 36.4 Å². The number of aliphatic hydroxyl groups excluding tert-OH is 1. The number of hydrogen-bond acceptors (Lipinski definition) is 2. The average Bonchev–Trinajstić information content (AvgIpc) is 2.87. The van der Waals surface area contributed by atoms with Crippen LogP contribution in [0.25, 0.3) is 5.57 Å². The van der Waals surface area contributed by atoms with Gasteiger partial charge >= 0.3 is 0 Å². The monoisotopic (exact) mass is 198 g/mol. The van der Waals surface area contributed by atoms with Crippen molar-refractivity contribution in [3.05, 3.63) is 59.4 Å². The molecule has 3 heteroatoms. The van der Waals surface area contributed by atoms with Gasteiger partial charge < -0.3 is 5.11 Å². The highest BCUT2D eigenvalue weighted by molar-refractivity contribution is 5.83. The van der Waals surface area contributed by atoms with Crippen LogP contribution >= 0.6 is 0 Å². The van der Waals surface area contributed by atoms with Crippen LogP contribution < -0.4 is 0 Å². The molecule has 1 aromatic heterocycles. The van der Waals surface area contributed by atoms with Crippen LogP contribution in [0.5, 0.6) is 0 Å². The molecule has 0 amide bonds. The van der Waals surface area contributed by atoms with E-state index in [2.05, 4.69) is 10.2 Å². The van der Waals surface area contributed by atoms with Crippen LogP contribution in [0, 0.1) is 0 Å². The summed E-state index contributed by atoms with van der Waals surface area (Å²) >= 11 is 0. The molecule has 2 aromatic rings. The fraction of sp³-hybridized carbons (Fsp3) is 0.0833. The van der Waals surface area contributed by atoms with Crippen molar-refractivity contribution < 1.29 is 5.11 Å². The first-order valence-corrected chi connectivity index (χ1v) is 4.85. The van der Waals surface area contributed by atoms with Gasteiger partial charge in [0.05, 0.1) is 11.8 Å². The minimum atomic E-state index is -0.500. The molecule has 0 aliphatic heterocycles. The molecule has 1 atom stereocenters. The first-order chi connectivity index (χ1) is 7.36. The molecule has 3 rings (SSSR count). The van der Waals surface area contributed by atoms with Crippen molar-refractivity contribution in [2.75, 3.05) is 0 Å². The molecule has 0 saturated heterocycles. The third-order valence-electron chi connectivity index (χ3n) is 2.69. The van der Waals surface area contributed by atoms with Crippen LogP contribution in [0.1, 0.15) is 22.9 Å². The second-order valence-electron chi connectivity index (χ2n) is 3.58. The molecule has 1 aromatic carbocycles. The number of aliphatic hydroxyl groups is 1. The number of nitrogens with one attached hydrogen (secondary N) is 1. The van der Waals surface area contributed by atoms with Gasteiger partial charge in [-0.05, 0) is 23.3 Å². The molecular formula is C12H10N2O. The molecule has 0 bridgehead atoms. The zero-order valence-corrected chi connectivity index (χ0v) is 8.01. The zero-order chi connectivity index (χ0) is 10.3. The lowest BCUT2D eigenvalue weighted by atomic mass is 10.0. The Morgan fingerprint density at radius 2 is 2.07 bits per heavy atom. The molecule has 0 fully saturated rings. The van der Waals surface area contributed by atoms with Gasteiger partial charge in [0.2, 0.25) is 0 Å². The van der Waals surface area contributed by atoms with E-state index in [4.69, 9.17) is 0 Å². The molecule has 2 N–H and O–H groups in total. The van der Waals surface area contributed by atoms with Gasteiger partial charge in [-0.2, -0.15) is 5.10 Å². The quantitative estimate of drug-likeness (QED) is 0.735. The van der Waals surface area contributed by atoms with Gasteiger partial charge in [-0.1, -0.05) is 24.3 Å². The number of aromatic nitrogens is 2. The van der Waals surface area contributed by atoms with Gasteiger partial charge in [0.15, 0.2) is 0 Å². The maximum atomic E-state index is 9.84. The number of nitrogens with zero attached hydrogens (tertiary/aromatic N) is 1. The number of fused-ring (bicyclic) bond motifs is 1. The summed E-state index contributed by atoms with van der Waals surface area (Å²) in [4.78, 5) is 0. The fourth-order valence-corrected chi connectivity index (χ4v) is 1.98. The number of hydrogen-bond donors (Lipinski definition) is 2. The maximum absolute atomic E-state index is 9.84. The van der Waals surface area contributed by atoms with Gasteiger partial charge in [0, 0.05) is 11.8 Å². The predicted octanol–water partition coefficient (Wildman–Crippen LogP) is 1.89. The Morgan fingerprint density at radius 3 is 2.87 bits per heavy atom. The van der Waals surface area contributed by atoms with Crippen molar-refractivity contribution in [3.63, 3.8) is 0 Å². The van der Waals surface area contributed by atoms with Crippen LogP contribution in [0.4, 0.5) is 0 Å². The van der Waals surface area contributed by atoms with Crippen LogP contribution in [0.2, 0.25) is 0 Å². The number of aromatic amines is 1. The van der Waals surface area contributed by atoms with Crippen molar-refractivity contribution in [3.8, 4) is 0 Å². The topological polar surface area (TPSA) is 48.9 Å². The molecule has 3 nitrogen and oxygen atoms in total. The van der Waals surface area contributed by atoms with E-state index in [1.54, 1.807) is 6.20 Å². The maximum Gasteiger partial charge on any atom is 0.0987 e. The highest BCUT2D eigenvalue weighted by atomic mass is 16.3. The number of H-pyrrole nitrogens is 1. The van der Waals surface area contributed by atoms with E-state index in [0.717, 1.165) is 22.4 Å². The van der Waals surface area contributed by atoms with E-state index < -0.39 is 6.10 Å². The molecule has 0 radical (unpaired) electrons. The second kappa shape index (κ2) is 3.07. The van der Waals surface area contributed by atoms with Crippen molar-refractivity contribution >= 4 is 5.57 Å². The minimum Gasteiger partial charge on any atom is -0.384 e. The van der Waals surface area contributed by atoms with Gasteiger partial charge in [0.1, 0.15) is 0 Å². The Hall–Kier alpha value is -1.87. The highest BCUT2D eigenvalue weighted by Gasteiger charge is 2.22. The molecule has 0 saturated carbocycles. The van der Waals surface area contributed by atoms with Crippen LogP contribution in [0.3, 0.4) is 0 Å². The molecule has 15 heavy (non-hydrogen) atoms. The molecule has 1 heterocycles. The SMILES string of the molecule is OC1C=C(c2ccn[nH]2)c2ccccc21. The summed E-state index contributed by atoms with van der Waals surface area (Å²) < 4.78 is 0. The summed E-state index contributed by atoms with van der Waals surface area (Å²) in [5.41, 5.74) is 4.01. The van der Waals surface area contributed by atoms with Crippen molar-refractivity contribution in [2.24, 2.45) is 0 Å². The minimum absolute atomic E-state index is 0.500. The van der Waals surface area contributed by atoms with Crippen LogP contribution in [-0.2, 0) is 0 Å². The Morgan fingerprint density at radius 1 is 1.20 bits per heavy atom. The summed E-state index contributed by atoms with van der Waals surface area (Å²) in [5, 5.41) is 16.7. The molecular weight excluding hydrogens is 188 g/mol. The lowest BCUT2D eigenvalue weighted by molar-refractivity contribution is 0.232. The third-order valence-corrected chi connectivity index (χ3v) is 2.69. The molecule has 1 aliphatic carbocycles. The summed E-state index contributed by atoms with van der Waals surface area (Å²) in [6.07, 6.45) is 3.06. The first-order valence-electron chi connectivity index (χ1n) is 4.85. The van der Waals surface area contributed by atoms with Gasteiger partial charge in [-0.3, -0.25) is 5.10 Å². The predicted molar refractivity (Wildman–Crippen MR) is 57.1 cm³/mol. The lowest BCUT2D eigenvalue weighted by Gasteiger charge is -2.03. The zero-order valence-electron chi connectivity index (χ0n) is 8.01. The normalized spacial score (nSPS) is 18.7. The van der Waals surface area contributed by atoms with Crippen LogP contribution in [0.15, 0.2) is 42.6 Å². The summed E-state index contributed by atoms with van der Waals surface area (Å²) in [6, 6.07) is 9.77. The first kappa shape index (κ1) is 8.44. The van der Waals surface area contributed by atoms with Gasteiger partial charge in [-0.25, -0.2) is 0 Å². The van der Waals surface area contributed by atoms with Gasteiger partial charge in [0.25, 0.3) is 0 Å². The number of benzene rings is 1. The molecule has 0 spiro atoms. The third kappa shape index (κ3) is 1.21. The lowest BCUT2D eigenvalue weighted by Crippen LogP contribution is -1.89. The molecule has 74 valence electrons. The summed E-state index contributed by atoms with van der Waals surface area (Å²) in [6.45, 7) is 0. The van der Waals surface area contributed by atoms with Crippen molar-refractivity contribution in [1.29, 1.82) is 0 Å². The Balaban J connectivity index is 2.17. The average molecular weight is 198 g/mol. The summed E-state index contributed by atoms with van der Waals surface area (Å²) in [5.74, 6) is 0. The Labute approximate surface area is 87.1 Å². The van der Waals surface area contributed by atoms with E-state index in [9.17, 15) is 5.11 Å². The van der Waals surface area contributed by atoms with E-state index in [0.29, 0.717) is 0 Å². The van der Waals surface area contributed by atoms with Gasteiger partial charge in [-0.15, -0.1) is 0 Å². The number of rotatable bonds is 1. The van der Waals surface area contributed by atoms with E-state index >= 15 is 0 Å². The van der Waals surface area contributed by atoms with Crippen molar-refractivity contribution in [2.45, 2.75) is 6.10 Å². The van der Waals surface area contributed by atoms with Crippen LogP contribution in [-0.4, -0.2) is 15.3 Å². The highest BCUT2D eigenvalue weighted by Crippen LogP contribution is 2.36. The second-order valence-corrected chi connectivity index (χ2v) is 3.58. The standard InChI is InChI=1S/C12H10N2O/c15-12-7-10(11-5-6-13-14-11)8-3-1-2-4-9(8)12/h1-7,12,15H,(H,13,14). The van der Waals surface area contributed by atoms with E-state index in [1.165, 1.54) is 0 Å². The summed E-state index contributed by atoms with van der Waals surface area (Å²) in [7, 11) is 0. The largest absolute Gasteiger partial charge is 0.384 e. The fourth-order valence-electron chi connectivity index (χ4n) is 1.98. The van der Waals surface area contributed by atoms with E-state index in [-0.39, 0.29) is 0 Å². The van der Waals surface area contributed by atoms with Crippen molar-refractivity contribution in [1.82, 2.24) is 10.2 Å². The smallest absolute Gasteiger partial charge is 0.0987 e.